The highest BCUT2D eigenvalue weighted by molar-refractivity contribution is 7.89. The summed E-state index contributed by atoms with van der Waals surface area (Å²) in [7, 11) is -2.37. The molecule has 1 aliphatic heterocycles. The molecule has 0 saturated carbocycles. The zero-order valence-electron chi connectivity index (χ0n) is 18.3. The van der Waals surface area contributed by atoms with E-state index in [1.165, 1.54) is 41.8 Å². The minimum Gasteiger partial charge on any atom is -0.374 e. The van der Waals surface area contributed by atoms with Crippen LogP contribution in [0, 0.1) is 0 Å². The average molecular weight is 489 g/mol. The third-order valence-electron chi connectivity index (χ3n) is 5.90. The van der Waals surface area contributed by atoms with Crippen LogP contribution in [-0.4, -0.2) is 58.6 Å². The topological polar surface area (TPSA) is 105 Å². The molecule has 1 aromatic carbocycles. The predicted molar refractivity (Wildman–Crippen MR) is 114 cm³/mol. The van der Waals surface area contributed by atoms with Gasteiger partial charge in [-0.2, -0.15) is 17.5 Å². The number of amides is 1. The molecular weight excluding hydrogens is 461 g/mol. The van der Waals surface area contributed by atoms with Gasteiger partial charge in [-0.25, -0.2) is 13.4 Å². The number of aryl methyl sites for hydroxylation is 1. The van der Waals surface area contributed by atoms with Crippen molar-refractivity contribution in [1.29, 1.82) is 0 Å². The highest BCUT2D eigenvalue weighted by Crippen LogP contribution is 2.40. The monoisotopic (exact) mass is 488 g/mol. The first kappa shape index (κ1) is 25.2. The Hall–Kier alpha value is -2.44. The standard InChI is InChI=1S/C21H27F3N4O4S/c1-15-5-3-4-13-28(15)33(31,32)17-8-6-16(7-9-17)18(29)25-11-10-20(30,21(22,23)24)19-26-12-14-27(19)2/h6-9,12,14-15,30H,3-5,10-11,13H2,1-2H3,(H,25,29)/t15-,20-/m0/s1. The molecule has 2 N–H and O–H groups in total. The molecule has 182 valence electrons. The van der Waals surface area contributed by atoms with Gasteiger partial charge in [-0.3, -0.25) is 4.79 Å². The van der Waals surface area contributed by atoms with E-state index in [1.54, 1.807) is 0 Å². The van der Waals surface area contributed by atoms with Crippen LogP contribution in [0.4, 0.5) is 13.2 Å². The Labute approximate surface area is 190 Å². The summed E-state index contributed by atoms with van der Waals surface area (Å²) in [6, 6.07) is 5.13. The zero-order chi connectivity index (χ0) is 24.4. The normalized spacial score (nSPS) is 19.8. The number of rotatable bonds is 7. The van der Waals surface area contributed by atoms with Crippen molar-refractivity contribution >= 4 is 15.9 Å². The number of halogens is 3. The van der Waals surface area contributed by atoms with Crippen molar-refractivity contribution in [3.05, 3.63) is 48.0 Å². The molecule has 8 nitrogen and oxygen atoms in total. The van der Waals surface area contributed by atoms with Gasteiger partial charge < -0.3 is 15.0 Å². The number of aromatic nitrogens is 2. The molecule has 33 heavy (non-hydrogen) atoms. The minimum absolute atomic E-state index is 0.0500. The lowest BCUT2D eigenvalue weighted by Crippen LogP contribution is -2.46. The lowest BCUT2D eigenvalue weighted by atomic mass is 9.97. The van der Waals surface area contributed by atoms with E-state index in [1.807, 2.05) is 6.92 Å². The highest BCUT2D eigenvalue weighted by Gasteiger charge is 2.57. The van der Waals surface area contributed by atoms with E-state index in [0.29, 0.717) is 6.54 Å². The summed E-state index contributed by atoms with van der Waals surface area (Å²) < 4.78 is 68.9. The Kier molecular flexibility index (Phi) is 7.20. The molecule has 0 unspecified atom stereocenters. The van der Waals surface area contributed by atoms with Gasteiger partial charge >= 0.3 is 6.18 Å². The fraction of sp³-hybridized carbons (Fsp3) is 0.524. The van der Waals surface area contributed by atoms with Gasteiger partial charge in [0.25, 0.3) is 5.91 Å². The maximum Gasteiger partial charge on any atom is 0.424 e. The van der Waals surface area contributed by atoms with Crippen LogP contribution in [0.25, 0.3) is 0 Å². The summed E-state index contributed by atoms with van der Waals surface area (Å²) in [6.07, 6.45) is -0.884. The van der Waals surface area contributed by atoms with Crippen molar-refractivity contribution in [3.8, 4) is 0 Å². The summed E-state index contributed by atoms with van der Waals surface area (Å²) in [4.78, 5) is 16.0. The van der Waals surface area contributed by atoms with Crippen LogP contribution in [0.2, 0.25) is 0 Å². The summed E-state index contributed by atoms with van der Waals surface area (Å²) in [5.74, 6) is -1.26. The fourth-order valence-electron chi connectivity index (χ4n) is 3.95. The van der Waals surface area contributed by atoms with Crippen LogP contribution in [0.1, 0.15) is 48.8 Å². The maximum atomic E-state index is 13.6. The van der Waals surface area contributed by atoms with Crippen molar-refractivity contribution in [1.82, 2.24) is 19.2 Å². The predicted octanol–water partition coefficient (Wildman–Crippen LogP) is 2.55. The molecule has 1 amide bonds. The molecule has 1 fully saturated rings. The van der Waals surface area contributed by atoms with E-state index in [0.717, 1.165) is 30.0 Å². The van der Waals surface area contributed by atoms with E-state index in [4.69, 9.17) is 0 Å². The molecule has 2 heterocycles. The van der Waals surface area contributed by atoms with Crippen LogP contribution in [0.15, 0.2) is 41.6 Å². The average Bonchev–Trinajstić information content (AvgIpc) is 3.19. The maximum absolute atomic E-state index is 13.6. The van der Waals surface area contributed by atoms with Crippen LogP contribution in [0.5, 0.6) is 0 Å². The van der Waals surface area contributed by atoms with E-state index < -0.39 is 46.5 Å². The fourth-order valence-corrected chi connectivity index (χ4v) is 5.65. The molecule has 12 heteroatoms. The Bertz CT molecular complexity index is 1090. The number of imidazole rings is 1. The summed E-state index contributed by atoms with van der Waals surface area (Å²) >= 11 is 0. The summed E-state index contributed by atoms with van der Waals surface area (Å²) in [5.41, 5.74) is -3.14. The van der Waals surface area contributed by atoms with E-state index in [9.17, 15) is 31.5 Å². The number of sulfonamides is 1. The first-order valence-corrected chi connectivity index (χ1v) is 12.0. The first-order valence-electron chi connectivity index (χ1n) is 10.5. The van der Waals surface area contributed by atoms with Crippen molar-refractivity contribution < 1.29 is 31.5 Å². The number of hydrogen-bond acceptors (Lipinski definition) is 5. The second-order valence-corrected chi connectivity index (χ2v) is 10.1. The molecule has 3 rings (SSSR count). The van der Waals surface area contributed by atoms with Gasteiger partial charge in [0, 0.05) is 50.6 Å². The number of benzene rings is 1. The van der Waals surface area contributed by atoms with E-state index in [2.05, 4.69) is 10.3 Å². The van der Waals surface area contributed by atoms with Crippen molar-refractivity contribution in [2.24, 2.45) is 7.05 Å². The first-order chi connectivity index (χ1) is 15.4. The Morgan fingerprint density at radius 2 is 1.91 bits per heavy atom. The van der Waals surface area contributed by atoms with Gasteiger partial charge in [-0.15, -0.1) is 0 Å². The summed E-state index contributed by atoms with van der Waals surface area (Å²) in [6.45, 7) is 1.81. The number of carbonyl (C=O) groups is 1. The van der Waals surface area contributed by atoms with Crippen LogP contribution in [-0.2, 0) is 22.7 Å². The van der Waals surface area contributed by atoms with E-state index >= 15 is 0 Å². The number of nitrogens with zero attached hydrogens (tertiary/aromatic N) is 3. The third-order valence-corrected chi connectivity index (χ3v) is 7.93. The Balaban J connectivity index is 1.67. The third kappa shape index (κ3) is 5.07. The molecule has 1 saturated heterocycles. The quantitative estimate of drug-likeness (QED) is 0.623. The second-order valence-electron chi connectivity index (χ2n) is 8.21. The Morgan fingerprint density at radius 1 is 1.24 bits per heavy atom. The molecule has 0 spiro atoms. The number of aliphatic hydroxyl groups is 1. The molecule has 0 radical (unpaired) electrons. The van der Waals surface area contributed by atoms with Gasteiger partial charge in [-0.1, -0.05) is 6.42 Å². The number of piperidine rings is 1. The smallest absolute Gasteiger partial charge is 0.374 e. The molecular formula is C21H27F3N4O4S. The van der Waals surface area contributed by atoms with E-state index in [-0.39, 0.29) is 16.5 Å². The lowest BCUT2D eigenvalue weighted by molar-refractivity contribution is -0.272. The van der Waals surface area contributed by atoms with Gasteiger partial charge in [0.15, 0.2) is 0 Å². The van der Waals surface area contributed by atoms with Crippen LogP contribution in [0.3, 0.4) is 0 Å². The number of hydrogen-bond donors (Lipinski definition) is 2. The molecule has 1 aliphatic rings. The SMILES string of the molecule is C[C@H]1CCCCN1S(=O)(=O)c1ccc(C(=O)NCC[C@](O)(c2nccn2C)C(F)(F)F)cc1. The largest absolute Gasteiger partial charge is 0.424 e. The molecule has 0 bridgehead atoms. The molecule has 1 aromatic heterocycles. The van der Waals surface area contributed by atoms with Crippen LogP contribution >= 0.6 is 0 Å². The van der Waals surface area contributed by atoms with Crippen molar-refractivity contribution in [3.63, 3.8) is 0 Å². The van der Waals surface area contributed by atoms with Gasteiger partial charge in [0.1, 0.15) is 5.82 Å². The number of nitrogens with one attached hydrogen (secondary N) is 1. The zero-order valence-corrected chi connectivity index (χ0v) is 19.2. The lowest BCUT2D eigenvalue weighted by Gasteiger charge is -2.32. The molecule has 0 aliphatic carbocycles. The van der Waals surface area contributed by atoms with Crippen molar-refractivity contribution in [2.45, 2.75) is 55.3 Å². The number of carbonyl (C=O) groups excluding carboxylic acids is 1. The van der Waals surface area contributed by atoms with Crippen LogP contribution < -0.4 is 5.32 Å². The summed E-state index contributed by atoms with van der Waals surface area (Å²) in [5, 5.41) is 12.7. The van der Waals surface area contributed by atoms with Gasteiger partial charge in [0.05, 0.1) is 4.90 Å². The minimum atomic E-state index is -5.00. The second kappa shape index (κ2) is 9.43. The molecule has 2 aromatic rings. The van der Waals surface area contributed by atoms with Gasteiger partial charge in [0.2, 0.25) is 15.6 Å². The molecule has 2 atom stereocenters. The van der Waals surface area contributed by atoms with Crippen molar-refractivity contribution in [2.75, 3.05) is 13.1 Å². The number of alkyl halides is 3. The van der Waals surface area contributed by atoms with Gasteiger partial charge in [-0.05, 0) is 44.0 Å². The Morgan fingerprint density at radius 3 is 2.45 bits per heavy atom. The highest BCUT2D eigenvalue weighted by atomic mass is 32.2.